The van der Waals surface area contributed by atoms with Crippen molar-refractivity contribution in [3.63, 3.8) is 0 Å². The highest BCUT2D eigenvalue weighted by molar-refractivity contribution is 7.68. The molecule has 60 heavy (non-hydrogen) atoms. The summed E-state index contributed by atoms with van der Waals surface area (Å²) in [5, 5.41) is 6.56. The Morgan fingerprint density at radius 2 is 0.867 bits per heavy atom. The van der Waals surface area contributed by atoms with Crippen LogP contribution in [0.25, 0.3) is 67.1 Å². The van der Waals surface area contributed by atoms with Gasteiger partial charge >= 0.3 is 8.24 Å². The standard InChI is InChI=1S/C54H38O4P2/c1-3-23-41(24-4-1)59(42-25-5-2-6-26-42)55-49-35-33-39-19-9-13-29-45(39)53(49)54-46-30-14-10-20-40(46)34-36-50(54)58-60-56-47-31-15-21-37-17-7-11-27-43(37)51(47)52-44-28-12-8-18-38(44)22-16-32-48(52)57-60/h1-30,33-36H,31-32H2. The molecule has 2 aliphatic rings. The third kappa shape index (κ3) is 6.65. The van der Waals surface area contributed by atoms with E-state index in [0.29, 0.717) is 18.6 Å². The second-order valence-electron chi connectivity index (χ2n) is 14.9. The van der Waals surface area contributed by atoms with Gasteiger partial charge in [-0.2, -0.15) is 0 Å². The fraction of sp³-hybridized carbons (Fsp3) is 0.0370. The molecule has 2 aliphatic carbocycles. The van der Waals surface area contributed by atoms with Crippen LogP contribution in [0.3, 0.4) is 0 Å². The Bertz CT molecular complexity index is 3040. The lowest BCUT2D eigenvalue weighted by molar-refractivity contribution is 0.451. The van der Waals surface area contributed by atoms with E-state index in [0.717, 1.165) is 93.9 Å². The smallest absolute Gasteiger partial charge is 0.452 e. The quantitative estimate of drug-likeness (QED) is 0.150. The van der Waals surface area contributed by atoms with Crippen molar-refractivity contribution in [1.82, 2.24) is 0 Å². The second kappa shape index (κ2) is 15.7. The zero-order valence-electron chi connectivity index (χ0n) is 32.6. The van der Waals surface area contributed by atoms with E-state index in [2.05, 4.69) is 206 Å². The van der Waals surface area contributed by atoms with Gasteiger partial charge in [0, 0.05) is 45.7 Å². The minimum Gasteiger partial charge on any atom is -0.464 e. The molecular formula is C54H38O4P2. The van der Waals surface area contributed by atoms with Crippen LogP contribution in [0.4, 0.5) is 0 Å². The number of allylic oxidation sites excluding steroid dienone is 2. The van der Waals surface area contributed by atoms with E-state index in [4.69, 9.17) is 17.4 Å². The maximum Gasteiger partial charge on any atom is 0.452 e. The van der Waals surface area contributed by atoms with Crippen LogP contribution in [-0.4, -0.2) is 0 Å². The first-order chi connectivity index (χ1) is 29.8. The fourth-order valence-electron chi connectivity index (χ4n) is 8.51. The Kier molecular flexibility index (Phi) is 9.51. The summed E-state index contributed by atoms with van der Waals surface area (Å²) in [6.07, 6.45) is 9.94. The van der Waals surface area contributed by atoms with Gasteiger partial charge in [0.25, 0.3) is 0 Å². The highest BCUT2D eigenvalue weighted by atomic mass is 31.1. The molecule has 0 amide bonds. The van der Waals surface area contributed by atoms with Crippen molar-refractivity contribution in [1.29, 1.82) is 0 Å². The number of hydrogen-bond donors (Lipinski definition) is 0. The summed E-state index contributed by atoms with van der Waals surface area (Å²) in [6, 6.07) is 63.6. The molecule has 4 nitrogen and oxygen atoms in total. The van der Waals surface area contributed by atoms with E-state index in [1.165, 1.54) is 0 Å². The van der Waals surface area contributed by atoms with Crippen molar-refractivity contribution in [2.24, 2.45) is 0 Å². The van der Waals surface area contributed by atoms with E-state index in [9.17, 15) is 0 Å². The molecular weight excluding hydrogens is 775 g/mol. The normalized spacial score (nSPS) is 12.6. The summed E-state index contributed by atoms with van der Waals surface area (Å²) in [4.78, 5) is 0. The van der Waals surface area contributed by atoms with Crippen molar-refractivity contribution < 1.29 is 17.4 Å². The summed E-state index contributed by atoms with van der Waals surface area (Å²) in [5.41, 5.74) is 8.50. The second-order valence-corrected chi connectivity index (χ2v) is 17.7. The van der Waals surface area contributed by atoms with E-state index >= 15 is 0 Å². The first-order valence-electron chi connectivity index (χ1n) is 20.2. The molecule has 0 atom stereocenters. The highest BCUT2D eigenvalue weighted by Crippen LogP contribution is 2.52. The van der Waals surface area contributed by atoms with Gasteiger partial charge in [-0.25, -0.2) is 0 Å². The average Bonchev–Trinajstić information content (AvgIpc) is 3.66. The van der Waals surface area contributed by atoms with Gasteiger partial charge in [-0.3, -0.25) is 0 Å². The minimum absolute atomic E-state index is 0.594. The third-order valence-corrected chi connectivity index (χ3v) is 14.2. The van der Waals surface area contributed by atoms with Gasteiger partial charge in [0.15, 0.2) is 8.15 Å². The zero-order valence-corrected chi connectivity index (χ0v) is 34.4. The van der Waals surface area contributed by atoms with E-state index in [-0.39, 0.29) is 0 Å². The van der Waals surface area contributed by atoms with Crippen LogP contribution >= 0.6 is 16.4 Å². The SMILES string of the molecule is C1=Cc2ccccc2-c2c(op(Oc3ccc4ccccc4c3-c3c(OP(c4ccccc4)c4ccccc4)ccc4ccccc34)oc3c2-c2ccccc2C=CC3)C1. The van der Waals surface area contributed by atoms with Crippen molar-refractivity contribution in [2.75, 3.05) is 0 Å². The van der Waals surface area contributed by atoms with Gasteiger partial charge < -0.3 is 17.4 Å². The molecule has 0 N–H and O–H groups in total. The zero-order chi connectivity index (χ0) is 39.8. The Labute approximate surface area is 351 Å². The third-order valence-electron chi connectivity index (χ3n) is 11.2. The predicted octanol–water partition coefficient (Wildman–Crippen LogP) is 14.7. The van der Waals surface area contributed by atoms with Crippen molar-refractivity contribution in [3.05, 3.63) is 217 Å². The lowest BCUT2D eigenvalue weighted by Gasteiger charge is -2.23. The number of benzene rings is 8. The van der Waals surface area contributed by atoms with Crippen LogP contribution in [0.5, 0.6) is 11.5 Å². The summed E-state index contributed by atoms with van der Waals surface area (Å²) in [6.45, 7) is 0. The Balaban J connectivity index is 1.15. The van der Waals surface area contributed by atoms with Crippen LogP contribution in [0.2, 0.25) is 0 Å². The lowest BCUT2D eigenvalue weighted by atomic mass is 9.90. The fourth-order valence-corrected chi connectivity index (χ4v) is 11.4. The van der Waals surface area contributed by atoms with Gasteiger partial charge in [0.1, 0.15) is 23.0 Å². The summed E-state index contributed by atoms with van der Waals surface area (Å²) >= 11 is 0. The Hall–Kier alpha value is -6.83. The van der Waals surface area contributed by atoms with Gasteiger partial charge in [-0.15, -0.1) is 0 Å². The molecule has 1 aromatic heterocycles. The molecule has 6 heteroatoms. The molecule has 1 heterocycles. The maximum atomic E-state index is 7.35. The first kappa shape index (κ1) is 36.3. The Morgan fingerprint density at radius 1 is 0.417 bits per heavy atom. The average molecular weight is 813 g/mol. The molecule has 288 valence electrons. The highest BCUT2D eigenvalue weighted by Gasteiger charge is 2.28. The summed E-state index contributed by atoms with van der Waals surface area (Å²) in [5.74, 6) is 3.09. The van der Waals surface area contributed by atoms with Gasteiger partial charge in [-0.05, 0) is 55.9 Å². The molecule has 11 rings (SSSR count). The molecule has 9 aromatic rings. The van der Waals surface area contributed by atoms with Gasteiger partial charge in [0.05, 0.1) is 0 Å². The number of rotatable bonds is 7. The topological polar surface area (TPSA) is 44.7 Å². The Morgan fingerprint density at radius 3 is 1.42 bits per heavy atom. The first-order valence-corrected chi connectivity index (χ1v) is 22.6. The monoisotopic (exact) mass is 812 g/mol. The molecule has 0 aliphatic heterocycles. The largest absolute Gasteiger partial charge is 0.464 e. The van der Waals surface area contributed by atoms with Crippen LogP contribution in [0.1, 0.15) is 22.6 Å². The van der Waals surface area contributed by atoms with Crippen LogP contribution in [0.15, 0.2) is 203 Å². The molecule has 0 saturated carbocycles. The van der Waals surface area contributed by atoms with Gasteiger partial charge in [-0.1, -0.05) is 194 Å². The van der Waals surface area contributed by atoms with Crippen molar-refractivity contribution in [3.8, 4) is 44.9 Å². The van der Waals surface area contributed by atoms with Crippen LogP contribution in [0, 0.1) is 0 Å². The number of hydrogen-bond acceptors (Lipinski definition) is 4. The van der Waals surface area contributed by atoms with Gasteiger partial charge in [0.2, 0.25) is 0 Å². The number of fused-ring (bicyclic) bond motifs is 9. The molecule has 0 saturated heterocycles. The molecule has 0 radical (unpaired) electrons. The molecule has 8 aromatic carbocycles. The summed E-state index contributed by atoms with van der Waals surface area (Å²) < 4.78 is 28.7. The maximum absolute atomic E-state index is 7.35. The minimum atomic E-state index is -1.99. The van der Waals surface area contributed by atoms with E-state index in [1.807, 2.05) is 0 Å². The summed E-state index contributed by atoms with van der Waals surface area (Å²) in [7, 11) is -3.23. The molecule has 0 bridgehead atoms. The van der Waals surface area contributed by atoms with E-state index < -0.39 is 16.4 Å². The van der Waals surface area contributed by atoms with Crippen LogP contribution < -0.4 is 19.7 Å². The lowest BCUT2D eigenvalue weighted by Crippen LogP contribution is -2.15. The van der Waals surface area contributed by atoms with Crippen molar-refractivity contribution in [2.45, 2.75) is 12.8 Å². The van der Waals surface area contributed by atoms with Crippen molar-refractivity contribution >= 4 is 60.7 Å². The van der Waals surface area contributed by atoms with Crippen LogP contribution in [-0.2, 0) is 12.8 Å². The molecule has 0 spiro atoms. The molecule has 0 unspecified atom stereocenters. The molecule has 0 fully saturated rings. The predicted molar refractivity (Wildman–Crippen MR) is 250 cm³/mol. The van der Waals surface area contributed by atoms with E-state index in [1.54, 1.807) is 0 Å².